The van der Waals surface area contributed by atoms with Crippen molar-refractivity contribution in [3.05, 3.63) is 29.3 Å². The lowest BCUT2D eigenvalue weighted by Gasteiger charge is -2.63. The van der Waals surface area contributed by atoms with Crippen LogP contribution in [0.5, 0.6) is 0 Å². The van der Waals surface area contributed by atoms with E-state index in [4.69, 9.17) is 5.73 Å². The summed E-state index contributed by atoms with van der Waals surface area (Å²) < 4.78 is 0. The molecule has 3 heteroatoms. The summed E-state index contributed by atoms with van der Waals surface area (Å²) in [6.07, 6.45) is 8.35. The molecule has 1 heterocycles. The largest absolute Gasteiger partial charge is 0.330 e. The Morgan fingerprint density at radius 1 is 1.29 bits per heavy atom. The Morgan fingerprint density at radius 2 is 2.00 bits per heavy atom. The average Bonchev–Trinajstić information content (AvgIpc) is 2.92. The van der Waals surface area contributed by atoms with Gasteiger partial charge in [-0.05, 0) is 85.6 Å². The third kappa shape index (κ3) is 2.29. The van der Waals surface area contributed by atoms with Crippen LogP contribution in [0, 0.1) is 36.0 Å². The molecule has 1 nitrogen and oxygen atoms in total. The summed E-state index contributed by atoms with van der Waals surface area (Å²) in [6, 6.07) is 4.62. The van der Waals surface area contributed by atoms with E-state index in [9.17, 15) is 0 Å². The lowest BCUT2D eigenvalue weighted by Crippen LogP contribution is -2.55. The topological polar surface area (TPSA) is 26.0 Å². The molecule has 1 aromatic heterocycles. The molecule has 4 saturated carbocycles. The van der Waals surface area contributed by atoms with Gasteiger partial charge in [0.15, 0.2) is 0 Å². The van der Waals surface area contributed by atoms with Crippen molar-refractivity contribution in [2.24, 2.45) is 34.8 Å². The zero-order valence-electron chi connectivity index (χ0n) is 12.7. The van der Waals surface area contributed by atoms with Crippen molar-refractivity contribution < 1.29 is 0 Å². The van der Waals surface area contributed by atoms with Crippen LogP contribution in [-0.4, -0.2) is 6.54 Å². The van der Waals surface area contributed by atoms with Crippen LogP contribution >= 0.6 is 23.7 Å². The van der Waals surface area contributed by atoms with Crippen LogP contribution in [0.15, 0.2) is 17.5 Å². The van der Waals surface area contributed by atoms with Gasteiger partial charge in [0, 0.05) is 10.8 Å². The van der Waals surface area contributed by atoms with Crippen molar-refractivity contribution >= 4 is 23.7 Å². The van der Waals surface area contributed by atoms with Crippen LogP contribution in [0.4, 0.5) is 0 Å². The van der Waals surface area contributed by atoms with Crippen LogP contribution in [0.3, 0.4) is 0 Å². The summed E-state index contributed by atoms with van der Waals surface area (Å²) in [5.41, 5.74) is 6.67. The minimum atomic E-state index is 0. The Labute approximate surface area is 139 Å². The van der Waals surface area contributed by atoms with E-state index in [-0.39, 0.29) is 12.4 Å². The Balaban J connectivity index is 0.00000132. The molecule has 1 aromatic rings. The molecule has 2 N–H and O–H groups in total. The minimum absolute atomic E-state index is 0. The van der Waals surface area contributed by atoms with Crippen LogP contribution in [0.25, 0.3) is 0 Å². The molecule has 4 aliphatic carbocycles. The third-order valence-electron chi connectivity index (χ3n) is 6.66. The predicted molar refractivity (Wildman–Crippen MR) is 92.8 cm³/mol. The van der Waals surface area contributed by atoms with Gasteiger partial charge >= 0.3 is 0 Å². The van der Waals surface area contributed by atoms with Crippen LogP contribution in [0.2, 0.25) is 0 Å². The zero-order chi connectivity index (χ0) is 13.7. The first-order valence-electron chi connectivity index (χ1n) is 8.29. The molecule has 117 valence electrons. The second kappa shape index (κ2) is 5.86. The summed E-state index contributed by atoms with van der Waals surface area (Å²) in [4.78, 5) is 1.64. The number of rotatable bonds is 4. The van der Waals surface area contributed by atoms with E-state index >= 15 is 0 Å². The van der Waals surface area contributed by atoms with Crippen molar-refractivity contribution in [1.29, 1.82) is 0 Å². The first-order chi connectivity index (χ1) is 9.76. The van der Waals surface area contributed by atoms with Crippen LogP contribution < -0.4 is 5.73 Å². The van der Waals surface area contributed by atoms with Crippen molar-refractivity contribution in [3.63, 3.8) is 0 Å². The van der Waals surface area contributed by atoms with Gasteiger partial charge in [0.2, 0.25) is 0 Å². The summed E-state index contributed by atoms with van der Waals surface area (Å²) in [6.45, 7) is 5.08. The van der Waals surface area contributed by atoms with E-state index in [1.165, 1.54) is 32.1 Å². The van der Waals surface area contributed by atoms with Crippen LogP contribution in [-0.2, 0) is 0 Å². The van der Waals surface area contributed by atoms with Gasteiger partial charge in [-0.3, -0.25) is 0 Å². The maximum Gasteiger partial charge on any atom is 0.00846 e. The molecule has 0 spiro atoms. The number of hydrogen-bond acceptors (Lipinski definition) is 2. The van der Waals surface area contributed by atoms with Gasteiger partial charge in [0.1, 0.15) is 0 Å². The maximum absolute atomic E-state index is 6.18. The van der Waals surface area contributed by atoms with Gasteiger partial charge in [-0.1, -0.05) is 13.0 Å². The van der Waals surface area contributed by atoms with E-state index in [0.29, 0.717) is 11.3 Å². The fourth-order valence-corrected chi connectivity index (χ4v) is 7.36. The predicted octanol–water partition coefficient (Wildman–Crippen LogP) is 4.88. The molecule has 4 aliphatic rings. The van der Waals surface area contributed by atoms with Gasteiger partial charge in [-0.15, -0.1) is 23.7 Å². The van der Waals surface area contributed by atoms with Gasteiger partial charge in [0.05, 0.1) is 0 Å². The Morgan fingerprint density at radius 3 is 2.52 bits per heavy atom. The molecule has 4 fully saturated rings. The molecule has 0 aliphatic heterocycles. The molecule has 4 atom stereocenters. The van der Waals surface area contributed by atoms with Gasteiger partial charge < -0.3 is 5.73 Å². The summed E-state index contributed by atoms with van der Waals surface area (Å²) >= 11 is 1.98. The molecule has 0 amide bonds. The molecular weight excluding hydrogens is 298 g/mol. The molecule has 5 rings (SSSR count). The Kier molecular flexibility index (Phi) is 4.42. The highest BCUT2D eigenvalue weighted by Crippen LogP contribution is 2.69. The fourth-order valence-electron chi connectivity index (χ4n) is 6.31. The van der Waals surface area contributed by atoms with E-state index < -0.39 is 0 Å². The SMILES string of the molecule is Cl.[CH2]CC(CN)C12CC3CC(CC(C3)C1c1cccs1)C2. The van der Waals surface area contributed by atoms with Gasteiger partial charge in [-0.25, -0.2) is 0 Å². The van der Waals surface area contributed by atoms with E-state index in [1.807, 2.05) is 11.3 Å². The van der Waals surface area contributed by atoms with E-state index in [2.05, 4.69) is 24.4 Å². The molecular formula is C18H27ClNS. The maximum atomic E-state index is 6.18. The molecule has 21 heavy (non-hydrogen) atoms. The second-order valence-corrected chi connectivity index (χ2v) is 8.53. The normalized spacial score (nSPS) is 41.8. The van der Waals surface area contributed by atoms with Crippen molar-refractivity contribution in [3.8, 4) is 0 Å². The lowest BCUT2D eigenvalue weighted by atomic mass is 9.41. The first-order valence-corrected chi connectivity index (χ1v) is 9.17. The van der Waals surface area contributed by atoms with E-state index in [1.54, 1.807) is 4.88 Å². The van der Waals surface area contributed by atoms with Crippen molar-refractivity contribution in [1.82, 2.24) is 0 Å². The Hall–Kier alpha value is -0.0500. The monoisotopic (exact) mass is 324 g/mol. The number of hydrogen-bond donors (Lipinski definition) is 1. The quantitative estimate of drug-likeness (QED) is 0.839. The van der Waals surface area contributed by atoms with Crippen LogP contribution in [0.1, 0.15) is 49.3 Å². The Bertz CT molecular complexity index is 454. The highest BCUT2D eigenvalue weighted by atomic mass is 35.5. The summed E-state index contributed by atoms with van der Waals surface area (Å²) in [5, 5.41) is 2.26. The zero-order valence-corrected chi connectivity index (χ0v) is 14.3. The van der Waals surface area contributed by atoms with Crippen molar-refractivity contribution in [2.75, 3.05) is 6.54 Å². The van der Waals surface area contributed by atoms with Gasteiger partial charge in [0.25, 0.3) is 0 Å². The molecule has 0 saturated heterocycles. The molecule has 4 unspecified atom stereocenters. The van der Waals surface area contributed by atoms with E-state index in [0.717, 1.165) is 36.6 Å². The highest BCUT2D eigenvalue weighted by Gasteiger charge is 2.59. The smallest absolute Gasteiger partial charge is 0.00846 e. The average molecular weight is 325 g/mol. The third-order valence-corrected chi connectivity index (χ3v) is 7.62. The van der Waals surface area contributed by atoms with Crippen molar-refractivity contribution in [2.45, 2.75) is 44.4 Å². The fraction of sp³-hybridized carbons (Fsp3) is 0.722. The molecule has 1 radical (unpaired) electrons. The number of nitrogens with two attached hydrogens (primary N) is 1. The summed E-state index contributed by atoms with van der Waals surface area (Å²) in [5.74, 6) is 4.32. The molecule has 4 bridgehead atoms. The standard InChI is InChI=1S/C18H26NS.ClH/c1-2-15(11-19)18-9-12-6-13(10-18)8-14(7-12)17(18)16-4-3-5-20-16;/h3-5,12-15,17H,1-2,6-11,19H2;1H. The first kappa shape index (κ1) is 15.8. The molecule has 0 aromatic carbocycles. The highest BCUT2D eigenvalue weighted by molar-refractivity contribution is 7.10. The number of thiophene rings is 1. The lowest BCUT2D eigenvalue weighted by molar-refractivity contribution is -0.105. The van der Waals surface area contributed by atoms with Gasteiger partial charge in [-0.2, -0.15) is 0 Å². The second-order valence-electron chi connectivity index (χ2n) is 7.56. The minimum Gasteiger partial charge on any atom is -0.330 e. The summed E-state index contributed by atoms with van der Waals surface area (Å²) in [7, 11) is 0. The number of halogens is 1.